The van der Waals surface area contributed by atoms with E-state index in [-0.39, 0.29) is 11.7 Å². The summed E-state index contributed by atoms with van der Waals surface area (Å²) in [7, 11) is 0. The molecule has 25 heavy (non-hydrogen) atoms. The van der Waals surface area contributed by atoms with E-state index >= 15 is 0 Å². The van der Waals surface area contributed by atoms with Gasteiger partial charge in [0.1, 0.15) is 23.2 Å². The molecule has 2 rings (SSSR count). The molecule has 0 aliphatic carbocycles. The molecule has 0 spiro atoms. The van der Waals surface area contributed by atoms with Crippen molar-refractivity contribution in [2.45, 2.75) is 0 Å². The van der Waals surface area contributed by atoms with Crippen LogP contribution in [0.5, 0.6) is 11.5 Å². The van der Waals surface area contributed by atoms with Gasteiger partial charge in [0.25, 0.3) is 0 Å². The molecule has 0 fully saturated rings. The van der Waals surface area contributed by atoms with Crippen molar-refractivity contribution in [2.75, 3.05) is 24.7 Å². The molecular formula is C18H22N4O2S. The van der Waals surface area contributed by atoms with Gasteiger partial charge in [-0.25, -0.2) is 0 Å². The van der Waals surface area contributed by atoms with E-state index in [0.29, 0.717) is 24.3 Å². The molecule has 0 amide bonds. The smallest absolute Gasteiger partial charge is 0.122 e. The van der Waals surface area contributed by atoms with Gasteiger partial charge in [0, 0.05) is 22.6 Å². The van der Waals surface area contributed by atoms with Crippen LogP contribution in [0.4, 0.5) is 0 Å². The highest BCUT2D eigenvalue weighted by molar-refractivity contribution is 7.99. The molecule has 7 heteroatoms. The molecule has 0 saturated heterocycles. The first-order chi connectivity index (χ1) is 12.1. The predicted octanol–water partition coefficient (Wildman–Crippen LogP) is 2.45. The van der Waals surface area contributed by atoms with Gasteiger partial charge in [0.15, 0.2) is 0 Å². The molecule has 0 aliphatic rings. The molecule has 2 aromatic rings. The van der Waals surface area contributed by atoms with E-state index in [1.807, 2.05) is 24.3 Å². The second-order valence-corrected chi connectivity index (χ2v) is 6.41. The van der Waals surface area contributed by atoms with Crippen molar-refractivity contribution >= 4 is 23.4 Å². The van der Waals surface area contributed by atoms with Crippen LogP contribution in [0.1, 0.15) is 11.1 Å². The zero-order valence-corrected chi connectivity index (χ0v) is 14.6. The van der Waals surface area contributed by atoms with Gasteiger partial charge < -0.3 is 20.9 Å². The second kappa shape index (κ2) is 9.58. The van der Waals surface area contributed by atoms with Gasteiger partial charge in [-0.05, 0) is 48.5 Å². The maximum Gasteiger partial charge on any atom is 0.122 e. The molecule has 0 aliphatic heterocycles. The highest BCUT2D eigenvalue weighted by Gasteiger charge is 1.99. The van der Waals surface area contributed by atoms with Crippen molar-refractivity contribution in [3.63, 3.8) is 0 Å². The molecule has 0 radical (unpaired) electrons. The third-order valence-electron chi connectivity index (χ3n) is 3.32. The monoisotopic (exact) mass is 358 g/mol. The van der Waals surface area contributed by atoms with Crippen molar-refractivity contribution in [3.8, 4) is 11.5 Å². The van der Waals surface area contributed by atoms with Crippen LogP contribution in [-0.2, 0) is 0 Å². The van der Waals surface area contributed by atoms with Gasteiger partial charge in [0.05, 0.1) is 13.2 Å². The van der Waals surface area contributed by atoms with E-state index in [4.69, 9.17) is 31.8 Å². The molecule has 0 unspecified atom stereocenters. The number of amidine groups is 2. The third kappa shape index (κ3) is 6.39. The number of hydrogen-bond donors (Lipinski definition) is 4. The maximum absolute atomic E-state index is 7.34. The minimum Gasteiger partial charge on any atom is -0.493 e. The normalized spacial score (nSPS) is 10.2. The average Bonchev–Trinajstić information content (AvgIpc) is 2.61. The highest BCUT2D eigenvalue weighted by Crippen LogP contribution is 2.14. The molecule has 2 aromatic carbocycles. The number of ether oxygens (including phenoxy) is 2. The molecule has 0 bridgehead atoms. The van der Waals surface area contributed by atoms with Gasteiger partial charge in [-0.3, -0.25) is 10.8 Å². The number of nitrogens with one attached hydrogen (secondary N) is 2. The summed E-state index contributed by atoms with van der Waals surface area (Å²) in [5.41, 5.74) is 12.2. The number of nitrogen functional groups attached to an aromatic ring is 2. The summed E-state index contributed by atoms with van der Waals surface area (Å²) in [6, 6.07) is 14.4. The first-order valence-corrected chi connectivity index (χ1v) is 8.94. The molecular weight excluding hydrogens is 336 g/mol. The molecule has 0 heterocycles. The van der Waals surface area contributed by atoms with Crippen LogP contribution >= 0.6 is 11.8 Å². The molecule has 0 aromatic heterocycles. The summed E-state index contributed by atoms with van der Waals surface area (Å²) in [5.74, 6) is 3.37. The van der Waals surface area contributed by atoms with E-state index in [1.165, 1.54) is 0 Å². The van der Waals surface area contributed by atoms with E-state index < -0.39 is 0 Å². The van der Waals surface area contributed by atoms with Crippen molar-refractivity contribution in [3.05, 3.63) is 59.7 Å². The Labute approximate surface area is 151 Å². The lowest BCUT2D eigenvalue weighted by molar-refractivity contribution is 0.339. The molecule has 6 nitrogen and oxygen atoms in total. The predicted molar refractivity (Wildman–Crippen MR) is 103 cm³/mol. The quantitative estimate of drug-likeness (QED) is 0.295. The highest BCUT2D eigenvalue weighted by atomic mass is 32.2. The Morgan fingerprint density at radius 3 is 1.40 bits per heavy atom. The van der Waals surface area contributed by atoms with Crippen LogP contribution in [0.15, 0.2) is 48.5 Å². The molecule has 0 atom stereocenters. The van der Waals surface area contributed by atoms with E-state index in [0.717, 1.165) is 23.0 Å². The average molecular weight is 358 g/mol. The third-order valence-corrected chi connectivity index (χ3v) is 4.23. The van der Waals surface area contributed by atoms with Crippen LogP contribution in [0, 0.1) is 10.8 Å². The summed E-state index contributed by atoms with van der Waals surface area (Å²) in [4.78, 5) is 0. The number of thioether (sulfide) groups is 1. The Bertz CT molecular complexity index is 641. The molecule has 0 saturated carbocycles. The van der Waals surface area contributed by atoms with Crippen LogP contribution in [-0.4, -0.2) is 36.4 Å². The number of nitrogens with two attached hydrogens (primary N) is 2. The van der Waals surface area contributed by atoms with E-state index in [1.54, 1.807) is 36.0 Å². The second-order valence-electron chi connectivity index (χ2n) is 5.19. The van der Waals surface area contributed by atoms with Crippen molar-refractivity contribution < 1.29 is 9.47 Å². The van der Waals surface area contributed by atoms with Crippen LogP contribution < -0.4 is 20.9 Å². The van der Waals surface area contributed by atoms with E-state index in [2.05, 4.69) is 0 Å². The topological polar surface area (TPSA) is 118 Å². The largest absolute Gasteiger partial charge is 0.493 e. The maximum atomic E-state index is 7.34. The first-order valence-electron chi connectivity index (χ1n) is 7.78. The summed E-state index contributed by atoms with van der Waals surface area (Å²) in [6.07, 6.45) is 0. The van der Waals surface area contributed by atoms with Gasteiger partial charge in [0.2, 0.25) is 0 Å². The van der Waals surface area contributed by atoms with Crippen molar-refractivity contribution in [1.82, 2.24) is 0 Å². The van der Waals surface area contributed by atoms with Crippen molar-refractivity contribution in [1.29, 1.82) is 10.8 Å². The Morgan fingerprint density at radius 2 is 1.08 bits per heavy atom. The van der Waals surface area contributed by atoms with Crippen LogP contribution in [0.2, 0.25) is 0 Å². The molecule has 132 valence electrons. The summed E-state index contributed by atoms with van der Waals surface area (Å²) >= 11 is 1.75. The summed E-state index contributed by atoms with van der Waals surface area (Å²) in [6.45, 7) is 1.22. The van der Waals surface area contributed by atoms with Gasteiger partial charge in [-0.2, -0.15) is 11.8 Å². The lowest BCUT2D eigenvalue weighted by atomic mass is 10.2. The van der Waals surface area contributed by atoms with Gasteiger partial charge >= 0.3 is 0 Å². The number of rotatable bonds is 10. The Hall–Kier alpha value is -2.67. The SMILES string of the molecule is N=C(N)c1ccc(OCCSCCOc2ccc(C(=N)N)cc2)cc1. The van der Waals surface area contributed by atoms with Crippen LogP contribution in [0.3, 0.4) is 0 Å². The fourth-order valence-corrected chi connectivity index (χ4v) is 2.61. The summed E-state index contributed by atoms with van der Waals surface area (Å²) in [5, 5.41) is 14.7. The zero-order chi connectivity index (χ0) is 18.1. The minimum absolute atomic E-state index is 0.0537. The fourth-order valence-electron chi connectivity index (χ4n) is 2.00. The molecule has 6 N–H and O–H groups in total. The fraction of sp³-hybridized carbons (Fsp3) is 0.222. The lowest BCUT2D eigenvalue weighted by Crippen LogP contribution is -2.11. The zero-order valence-electron chi connectivity index (χ0n) is 13.8. The Kier molecular flexibility index (Phi) is 7.16. The van der Waals surface area contributed by atoms with Crippen LogP contribution in [0.25, 0.3) is 0 Å². The minimum atomic E-state index is 0.0537. The lowest BCUT2D eigenvalue weighted by Gasteiger charge is -2.08. The number of hydrogen-bond acceptors (Lipinski definition) is 5. The van der Waals surface area contributed by atoms with E-state index in [9.17, 15) is 0 Å². The van der Waals surface area contributed by atoms with Gasteiger partial charge in [-0.1, -0.05) is 0 Å². The Morgan fingerprint density at radius 1 is 0.720 bits per heavy atom. The van der Waals surface area contributed by atoms with Gasteiger partial charge in [-0.15, -0.1) is 0 Å². The standard InChI is InChI=1S/C18H22N4O2S/c19-17(20)13-1-5-15(6-2-13)23-9-11-25-12-10-24-16-7-3-14(4-8-16)18(21)22/h1-8H,9-12H2,(H3,19,20)(H3,21,22). The van der Waals surface area contributed by atoms with Crippen molar-refractivity contribution in [2.24, 2.45) is 11.5 Å². The summed E-state index contributed by atoms with van der Waals surface area (Å²) < 4.78 is 11.3. The Balaban J connectivity index is 1.57. The first kappa shape index (κ1) is 18.7. The number of benzene rings is 2.